The van der Waals surface area contributed by atoms with Gasteiger partial charge in [-0.2, -0.15) is 0 Å². The Labute approximate surface area is 115 Å². The van der Waals surface area contributed by atoms with Crippen molar-refractivity contribution in [2.45, 2.75) is 25.9 Å². The Kier molecular flexibility index (Phi) is 3.92. The molecule has 0 fully saturated rings. The second-order valence-corrected chi connectivity index (χ2v) is 5.25. The molecule has 1 aliphatic rings. The summed E-state index contributed by atoms with van der Waals surface area (Å²) in [4.78, 5) is 13.0. The third-order valence-corrected chi connectivity index (χ3v) is 4.32. The van der Waals surface area contributed by atoms with E-state index in [-0.39, 0.29) is 0 Å². The highest BCUT2D eigenvalue weighted by molar-refractivity contribution is 9.10. The highest BCUT2D eigenvalue weighted by Crippen LogP contribution is 2.34. The number of carbonyl (C=O) groups is 1. The van der Waals surface area contributed by atoms with E-state index in [2.05, 4.69) is 15.9 Å². The highest BCUT2D eigenvalue weighted by Gasteiger charge is 2.26. The summed E-state index contributed by atoms with van der Waals surface area (Å²) in [5.41, 5.74) is 2.39. The Morgan fingerprint density at radius 2 is 2.28 bits per heavy atom. The maximum atomic E-state index is 11.0. The van der Waals surface area contributed by atoms with Crippen molar-refractivity contribution >= 4 is 21.9 Å². The number of benzene rings is 1. The minimum atomic E-state index is -0.772. The molecular weight excluding hydrogens is 298 g/mol. The van der Waals surface area contributed by atoms with Gasteiger partial charge in [0.15, 0.2) is 0 Å². The topological polar surface area (TPSA) is 49.8 Å². The van der Waals surface area contributed by atoms with Gasteiger partial charge in [0, 0.05) is 13.1 Å². The molecule has 0 saturated heterocycles. The molecule has 0 aliphatic carbocycles. The molecule has 1 atom stereocenters. The molecule has 0 spiro atoms. The zero-order valence-electron chi connectivity index (χ0n) is 10.4. The van der Waals surface area contributed by atoms with Crippen LogP contribution in [0, 0.1) is 0 Å². The van der Waals surface area contributed by atoms with Gasteiger partial charge in [-0.05, 0) is 46.5 Å². The summed E-state index contributed by atoms with van der Waals surface area (Å²) in [6.45, 7) is 3.16. The number of methoxy groups -OCH3 is 1. The fourth-order valence-electron chi connectivity index (χ4n) is 2.26. The first-order chi connectivity index (χ1) is 8.54. The van der Waals surface area contributed by atoms with Crippen LogP contribution in [0.3, 0.4) is 0 Å². The first-order valence-electron chi connectivity index (χ1n) is 5.85. The third-order valence-electron chi connectivity index (χ3n) is 3.45. The quantitative estimate of drug-likeness (QED) is 0.930. The highest BCUT2D eigenvalue weighted by atomic mass is 79.9. The Bertz CT molecular complexity index is 476. The fraction of sp³-hybridized carbons (Fsp3) is 0.462. The van der Waals surface area contributed by atoms with E-state index in [1.54, 1.807) is 14.0 Å². The van der Waals surface area contributed by atoms with Crippen LogP contribution in [0.5, 0.6) is 5.75 Å². The Hall–Kier alpha value is -1.07. The minimum absolute atomic E-state index is 0.445. The number of hydrogen-bond acceptors (Lipinski definition) is 3. The molecule has 0 bridgehead atoms. The van der Waals surface area contributed by atoms with E-state index in [0.29, 0.717) is 6.54 Å². The smallest absolute Gasteiger partial charge is 0.320 e. The average Bonchev–Trinajstić information content (AvgIpc) is 2.37. The van der Waals surface area contributed by atoms with Crippen LogP contribution < -0.4 is 4.74 Å². The molecule has 1 aromatic rings. The molecule has 18 heavy (non-hydrogen) atoms. The van der Waals surface area contributed by atoms with Crippen LogP contribution in [0.1, 0.15) is 18.1 Å². The van der Waals surface area contributed by atoms with Crippen molar-refractivity contribution < 1.29 is 14.6 Å². The summed E-state index contributed by atoms with van der Waals surface area (Å²) in [5, 5.41) is 9.05. The number of carboxylic acids is 1. The Morgan fingerprint density at radius 3 is 2.89 bits per heavy atom. The molecule has 1 aliphatic heterocycles. The van der Waals surface area contributed by atoms with Crippen LogP contribution in [-0.4, -0.2) is 35.7 Å². The molecule has 1 aromatic carbocycles. The van der Waals surface area contributed by atoms with Gasteiger partial charge in [-0.25, -0.2) is 0 Å². The molecule has 0 radical (unpaired) electrons. The van der Waals surface area contributed by atoms with Crippen molar-refractivity contribution in [1.29, 1.82) is 0 Å². The lowest BCUT2D eigenvalue weighted by atomic mass is 9.98. The molecular formula is C13H16BrNO3. The fourth-order valence-corrected chi connectivity index (χ4v) is 3.00. The zero-order valence-corrected chi connectivity index (χ0v) is 12.0. The lowest BCUT2D eigenvalue weighted by molar-refractivity contribution is -0.143. The molecule has 1 heterocycles. The van der Waals surface area contributed by atoms with E-state index in [9.17, 15) is 4.79 Å². The number of ether oxygens (including phenoxy) is 1. The monoisotopic (exact) mass is 313 g/mol. The standard InChI is InChI=1S/C13H16BrNO3/c1-8(13(16)17)15-6-5-10-9(7-15)3-4-11(18-2)12(10)14/h3-4,8H,5-7H2,1-2H3,(H,16,17). The molecule has 0 aromatic heterocycles. The number of rotatable bonds is 3. The maximum absolute atomic E-state index is 11.0. The normalized spacial score (nSPS) is 17.1. The van der Waals surface area contributed by atoms with Crippen molar-refractivity contribution in [3.05, 3.63) is 27.7 Å². The van der Waals surface area contributed by atoms with Gasteiger partial charge in [0.1, 0.15) is 11.8 Å². The predicted molar refractivity (Wildman–Crippen MR) is 71.9 cm³/mol. The van der Waals surface area contributed by atoms with E-state index in [1.807, 2.05) is 17.0 Å². The molecule has 2 rings (SSSR count). The van der Waals surface area contributed by atoms with E-state index in [1.165, 1.54) is 11.1 Å². The number of carboxylic acid groups (broad SMARTS) is 1. The van der Waals surface area contributed by atoms with Crippen molar-refractivity contribution in [1.82, 2.24) is 4.90 Å². The zero-order chi connectivity index (χ0) is 13.3. The third kappa shape index (κ3) is 2.37. The minimum Gasteiger partial charge on any atom is -0.496 e. The molecule has 0 amide bonds. The summed E-state index contributed by atoms with van der Waals surface area (Å²) < 4.78 is 6.26. The molecule has 5 heteroatoms. The largest absolute Gasteiger partial charge is 0.496 e. The Morgan fingerprint density at radius 1 is 1.56 bits per heavy atom. The summed E-state index contributed by atoms with van der Waals surface area (Å²) in [6, 6.07) is 3.48. The van der Waals surface area contributed by atoms with Gasteiger partial charge in [-0.15, -0.1) is 0 Å². The molecule has 1 N–H and O–H groups in total. The average molecular weight is 314 g/mol. The van der Waals surface area contributed by atoms with Crippen LogP contribution in [0.4, 0.5) is 0 Å². The van der Waals surface area contributed by atoms with Crippen LogP contribution >= 0.6 is 15.9 Å². The van der Waals surface area contributed by atoms with Crippen LogP contribution in [0.25, 0.3) is 0 Å². The second-order valence-electron chi connectivity index (χ2n) is 4.45. The van der Waals surface area contributed by atoms with Gasteiger partial charge in [0.25, 0.3) is 0 Å². The second kappa shape index (κ2) is 5.28. The summed E-state index contributed by atoms with van der Waals surface area (Å²) in [7, 11) is 1.65. The Balaban J connectivity index is 2.26. The van der Waals surface area contributed by atoms with Crippen molar-refractivity contribution in [3.8, 4) is 5.75 Å². The molecule has 4 nitrogen and oxygen atoms in total. The van der Waals surface area contributed by atoms with Crippen molar-refractivity contribution in [2.24, 2.45) is 0 Å². The van der Waals surface area contributed by atoms with Gasteiger partial charge >= 0.3 is 5.97 Å². The first kappa shape index (κ1) is 13.4. The summed E-state index contributed by atoms with van der Waals surface area (Å²) in [5.74, 6) is 0.0551. The number of nitrogens with zero attached hydrogens (tertiary/aromatic N) is 1. The number of halogens is 1. The number of fused-ring (bicyclic) bond motifs is 1. The van der Waals surface area contributed by atoms with E-state index in [4.69, 9.17) is 9.84 Å². The predicted octanol–water partition coefficient (Wildman–Crippen LogP) is 2.29. The van der Waals surface area contributed by atoms with E-state index >= 15 is 0 Å². The molecule has 98 valence electrons. The number of aliphatic carboxylic acids is 1. The van der Waals surface area contributed by atoms with Gasteiger partial charge in [0.2, 0.25) is 0 Å². The summed E-state index contributed by atoms with van der Waals surface area (Å²) >= 11 is 3.55. The maximum Gasteiger partial charge on any atom is 0.320 e. The van der Waals surface area contributed by atoms with E-state index in [0.717, 1.165) is 23.2 Å². The van der Waals surface area contributed by atoms with Crippen LogP contribution in [-0.2, 0) is 17.8 Å². The van der Waals surface area contributed by atoms with Gasteiger partial charge in [0.05, 0.1) is 11.6 Å². The molecule has 1 unspecified atom stereocenters. The first-order valence-corrected chi connectivity index (χ1v) is 6.65. The van der Waals surface area contributed by atoms with Gasteiger partial charge in [-0.3, -0.25) is 9.69 Å². The van der Waals surface area contributed by atoms with Crippen molar-refractivity contribution in [3.63, 3.8) is 0 Å². The molecule has 0 saturated carbocycles. The SMILES string of the molecule is COc1ccc2c(c1Br)CCN(C(C)C(=O)O)C2. The van der Waals surface area contributed by atoms with Crippen molar-refractivity contribution in [2.75, 3.05) is 13.7 Å². The van der Waals surface area contributed by atoms with Crippen LogP contribution in [0.2, 0.25) is 0 Å². The van der Waals surface area contributed by atoms with E-state index < -0.39 is 12.0 Å². The lowest BCUT2D eigenvalue weighted by Gasteiger charge is -2.32. The van der Waals surface area contributed by atoms with Gasteiger partial charge < -0.3 is 9.84 Å². The number of hydrogen-bond donors (Lipinski definition) is 1. The van der Waals surface area contributed by atoms with Crippen LogP contribution in [0.15, 0.2) is 16.6 Å². The summed E-state index contributed by atoms with van der Waals surface area (Å²) in [6.07, 6.45) is 0.838. The lowest BCUT2D eigenvalue weighted by Crippen LogP contribution is -2.42. The van der Waals surface area contributed by atoms with Gasteiger partial charge in [-0.1, -0.05) is 6.07 Å².